The fourth-order valence-corrected chi connectivity index (χ4v) is 4.57. The van der Waals surface area contributed by atoms with Gasteiger partial charge in [-0.15, -0.1) is 0 Å². The van der Waals surface area contributed by atoms with Gasteiger partial charge in [0.1, 0.15) is 6.04 Å². The number of hydrogen-bond acceptors (Lipinski definition) is 2. The highest BCUT2D eigenvalue weighted by atomic mass is 16.2. The Bertz CT molecular complexity index is 660. The highest BCUT2D eigenvalue weighted by molar-refractivity contribution is 5.87. The van der Waals surface area contributed by atoms with Crippen LogP contribution >= 0.6 is 0 Å². The number of piperidine rings is 1. The van der Waals surface area contributed by atoms with Crippen molar-refractivity contribution in [1.82, 2.24) is 16.0 Å². The van der Waals surface area contributed by atoms with Gasteiger partial charge in [0.15, 0.2) is 0 Å². The van der Waals surface area contributed by atoms with Crippen LogP contribution in [0.1, 0.15) is 43.2 Å². The molecule has 1 saturated heterocycles. The molecule has 4 rings (SSSR count). The first-order chi connectivity index (χ1) is 11.7. The first kappa shape index (κ1) is 15.5. The van der Waals surface area contributed by atoms with Crippen molar-refractivity contribution in [3.8, 4) is 0 Å². The molecule has 24 heavy (non-hydrogen) atoms. The lowest BCUT2D eigenvalue weighted by Crippen LogP contribution is -2.53. The van der Waals surface area contributed by atoms with Gasteiger partial charge in [0.2, 0.25) is 5.91 Å². The summed E-state index contributed by atoms with van der Waals surface area (Å²) in [6.07, 6.45) is 6.44. The maximum Gasteiger partial charge on any atom is 0.315 e. The number of benzene rings is 1. The molecule has 2 aliphatic carbocycles. The number of hydrogen-bond donors (Lipinski definition) is 3. The number of fused-ring (bicyclic) bond motifs is 2. The Morgan fingerprint density at radius 1 is 1.29 bits per heavy atom. The van der Waals surface area contributed by atoms with Crippen molar-refractivity contribution in [3.63, 3.8) is 0 Å². The summed E-state index contributed by atoms with van der Waals surface area (Å²) in [7, 11) is 0. The van der Waals surface area contributed by atoms with Crippen LogP contribution in [0.25, 0.3) is 0 Å². The first-order valence-corrected chi connectivity index (χ1v) is 9.09. The highest BCUT2D eigenvalue weighted by Gasteiger charge is 2.56. The highest BCUT2D eigenvalue weighted by Crippen LogP contribution is 2.59. The van der Waals surface area contributed by atoms with Crippen LogP contribution < -0.4 is 16.0 Å². The van der Waals surface area contributed by atoms with Crippen LogP contribution in [0.15, 0.2) is 24.3 Å². The van der Waals surface area contributed by atoms with Gasteiger partial charge < -0.3 is 16.0 Å². The zero-order chi connectivity index (χ0) is 16.6. The molecule has 0 radical (unpaired) electrons. The topological polar surface area (TPSA) is 70.2 Å². The minimum Gasteiger partial charge on any atom is -0.354 e. The van der Waals surface area contributed by atoms with Gasteiger partial charge in [0, 0.05) is 18.5 Å². The van der Waals surface area contributed by atoms with Crippen LogP contribution in [-0.2, 0) is 16.6 Å². The maximum absolute atomic E-state index is 12.1. The number of amides is 3. The second kappa shape index (κ2) is 6.11. The monoisotopic (exact) mass is 327 g/mol. The van der Waals surface area contributed by atoms with E-state index in [-0.39, 0.29) is 23.4 Å². The third kappa shape index (κ3) is 2.76. The summed E-state index contributed by atoms with van der Waals surface area (Å²) in [6.45, 7) is 1.40. The standard InChI is InChI=1S/C19H25N3O2/c23-17-16(8-4-10-20-17)22-18(24)21-12-14-11-19(14)9-3-6-13-5-1-2-7-15(13)19/h1-2,5,7,14,16H,3-4,6,8-12H2,(H,20,23)(H2,21,22,24)/t14-,16-,19-/m0/s1. The lowest BCUT2D eigenvalue weighted by Gasteiger charge is -2.27. The number of nitrogens with one attached hydrogen (secondary N) is 3. The quantitative estimate of drug-likeness (QED) is 0.793. The van der Waals surface area contributed by atoms with E-state index in [2.05, 4.69) is 40.2 Å². The minimum atomic E-state index is -0.387. The molecule has 1 aliphatic heterocycles. The van der Waals surface area contributed by atoms with Crippen LogP contribution in [0.5, 0.6) is 0 Å². The number of carbonyl (C=O) groups is 2. The van der Waals surface area contributed by atoms with Gasteiger partial charge in [-0.1, -0.05) is 24.3 Å². The molecule has 2 fully saturated rings. The molecule has 5 heteroatoms. The number of urea groups is 1. The summed E-state index contributed by atoms with van der Waals surface area (Å²) < 4.78 is 0. The average Bonchev–Trinajstić information content (AvgIpc) is 3.29. The molecule has 1 saturated carbocycles. The minimum absolute atomic E-state index is 0.0690. The number of rotatable bonds is 3. The van der Waals surface area contributed by atoms with Crippen molar-refractivity contribution in [2.24, 2.45) is 5.92 Å². The largest absolute Gasteiger partial charge is 0.354 e. The summed E-state index contributed by atoms with van der Waals surface area (Å²) in [6, 6.07) is 8.15. The second-order valence-electron chi connectivity index (χ2n) is 7.41. The van der Waals surface area contributed by atoms with Crippen LogP contribution in [0.4, 0.5) is 4.79 Å². The van der Waals surface area contributed by atoms with Gasteiger partial charge in [-0.3, -0.25) is 4.79 Å². The third-order valence-electron chi connectivity index (χ3n) is 5.95. The molecule has 0 aromatic heterocycles. The zero-order valence-electron chi connectivity index (χ0n) is 13.9. The van der Waals surface area contributed by atoms with Gasteiger partial charge in [-0.05, 0) is 55.6 Å². The molecule has 128 valence electrons. The van der Waals surface area contributed by atoms with E-state index in [1.807, 2.05) is 0 Å². The molecule has 3 amide bonds. The van der Waals surface area contributed by atoms with Gasteiger partial charge in [0.25, 0.3) is 0 Å². The zero-order valence-corrected chi connectivity index (χ0v) is 13.9. The summed E-state index contributed by atoms with van der Waals surface area (Å²) >= 11 is 0. The molecular weight excluding hydrogens is 302 g/mol. The van der Waals surface area contributed by atoms with E-state index in [9.17, 15) is 9.59 Å². The van der Waals surface area contributed by atoms with E-state index >= 15 is 0 Å². The molecule has 3 N–H and O–H groups in total. The predicted molar refractivity (Wildman–Crippen MR) is 91.7 cm³/mol. The third-order valence-corrected chi connectivity index (χ3v) is 5.95. The lowest BCUT2D eigenvalue weighted by atomic mass is 9.78. The SMILES string of the molecule is O=C(NC[C@@H]1C[C@@]12CCCc1ccccc12)N[C@H]1CCCNC1=O. The fourth-order valence-electron chi connectivity index (χ4n) is 4.57. The Morgan fingerprint density at radius 2 is 2.17 bits per heavy atom. The summed E-state index contributed by atoms with van der Waals surface area (Å²) in [5.41, 5.74) is 3.26. The molecule has 0 bridgehead atoms. The van der Waals surface area contributed by atoms with Crippen molar-refractivity contribution in [3.05, 3.63) is 35.4 Å². The van der Waals surface area contributed by atoms with Gasteiger partial charge in [-0.25, -0.2) is 4.79 Å². The first-order valence-electron chi connectivity index (χ1n) is 9.09. The van der Waals surface area contributed by atoms with Crippen LogP contribution in [0.3, 0.4) is 0 Å². The Kier molecular flexibility index (Phi) is 3.94. The number of carbonyl (C=O) groups excluding carboxylic acids is 2. The average molecular weight is 327 g/mol. The predicted octanol–water partition coefficient (Wildman–Crippen LogP) is 1.86. The van der Waals surface area contributed by atoms with Crippen LogP contribution in [0.2, 0.25) is 0 Å². The van der Waals surface area contributed by atoms with E-state index in [0.717, 1.165) is 19.3 Å². The summed E-state index contributed by atoms with van der Waals surface area (Å²) in [5, 5.41) is 8.58. The van der Waals surface area contributed by atoms with Crippen LogP contribution in [0, 0.1) is 5.92 Å². The Balaban J connectivity index is 1.32. The van der Waals surface area contributed by atoms with E-state index in [4.69, 9.17) is 0 Å². The molecule has 1 spiro atoms. The van der Waals surface area contributed by atoms with Crippen molar-refractivity contribution in [1.29, 1.82) is 0 Å². The van der Waals surface area contributed by atoms with E-state index in [1.54, 1.807) is 0 Å². The Labute approximate surface area is 142 Å². The molecule has 1 aromatic carbocycles. The summed E-state index contributed by atoms with van der Waals surface area (Å²) in [5.74, 6) is 0.449. The molecule has 3 atom stereocenters. The molecule has 1 heterocycles. The number of aryl methyl sites for hydroxylation is 1. The second-order valence-corrected chi connectivity index (χ2v) is 7.41. The molecular formula is C19H25N3O2. The molecule has 3 aliphatic rings. The van der Waals surface area contributed by atoms with Crippen molar-refractivity contribution >= 4 is 11.9 Å². The Morgan fingerprint density at radius 3 is 3.04 bits per heavy atom. The van der Waals surface area contributed by atoms with Crippen LogP contribution in [-0.4, -0.2) is 31.1 Å². The van der Waals surface area contributed by atoms with E-state index in [1.165, 1.54) is 30.4 Å². The van der Waals surface area contributed by atoms with Gasteiger partial charge in [-0.2, -0.15) is 0 Å². The molecule has 1 aromatic rings. The molecule has 5 nitrogen and oxygen atoms in total. The lowest BCUT2D eigenvalue weighted by molar-refractivity contribution is -0.124. The van der Waals surface area contributed by atoms with Crippen molar-refractivity contribution < 1.29 is 9.59 Å². The van der Waals surface area contributed by atoms with Gasteiger partial charge in [0.05, 0.1) is 0 Å². The van der Waals surface area contributed by atoms with E-state index < -0.39 is 0 Å². The summed E-state index contributed by atoms with van der Waals surface area (Å²) in [4.78, 5) is 23.8. The smallest absolute Gasteiger partial charge is 0.315 e. The van der Waals surface area contributed by atoms with E-state index in [0.29, 0.717) is 19.0 Å². The van der Waals surface area contributed by atoms with Gasteiger partial charge >= 0.3 is 6.03 Å². The van der Waals surface area contributed by atoms with Crippen molar-refractivity contribution in [2.45, 2.75) is 50.0 Å². The molecule has 0 unspecified atom stereocenters. The maximum atomic E-state index is 12.1. The fraction of sp³-hybridized carbons (Fsp3) is 0.579. The Hall–Kier alpha value is -2.04. The van der Waals surface area contributed by atoms with Crippen molar-refractivity contribution in [2.75, 3.05) is 13.1 Å². The normalized spacial score (nSPS) is 31.1.